The number of nitrogens with one attached hydrogen (secondary N) is 1. The quantitative estimate of drug-likeness (QED) is 0.557. The maximum Gasteiger partial charge on any atom is 0.0615 e. The van der Waals surface area contributed by atoms with Gasteiger partial charge in [0, 0.05) is 26.3 Å². The molecule has 80 valence electrons. The van der Waals surface area contributed by atoms with E-state index in [0.717, 1.165) is 39.2 Å². The van der Waals surface area contributed by atoms with Gasteiger partial charge in [-0.15, -0.1) is 0 Å². The van der Waals surface area contributed by atoms with Gasteiger partial charge < -0.3 is 14.8 Å². The molecule has 0 rings (SSSR count). The second-order valence-electron chi connectivity index (χ2n) is 3.13. The van der Waals surface area contributed by atoms with Crippen LogP contribution in [0.4, 0.5) is 0 Å². The molecule has 1 unspecified atom stereocenters. The van der Waals surface area contributed by atoms with Gasteiger partial charge in [-0.2, -0.15) is 0 Å². The van der Waals surface area contributed by atoms with Crippen molar-refractivity contribution in [2.45, 2.75) is 32.7 Å². The Morgan fingerprint density at radius 1 is 1.23 bits per heavy atom. The summed E-state index contributed by atoms with van der Waals surface area (Å²) in [7, 11) is 1.73. The van der Waals surface area contributed by atoms with Crippen molar-refractivity contribution in [1.82, 2.24) is 5.32 Å². The van der Waals surface area contributed by atoms with Gasteiger partial charge in [0.05, 0.1) is 13.2 Å². The van der Waals surface area contributed by atoms with E-state index in [-0.39, 0.29) is 0 Å². The number of hydrogen-bond acceptors (Lipinski definition) is 3. The summed E-state index contributed by atoms with van der Waals surface area (Å²) in [4.78, 5) is 0. The summed E-state index contributed by atoms with van der Waals surface area (Å²) in [5.74, 6) is 0. The Morgan fingerprint density at radius 3 is 2.54 bits per heavy atom. The van der Waals surface area contributed by atoms with Crippen molar-refractivity contribution in [3.05, 3.63) is 0 Å². The van der Waals surface area contributed by atoms with Gasteiger partial charge >= 0.3 is 0 Å². The van der Waals surface area contributed by atoms with Gasteiger partial charge in [-0.25, -0.2) is 0 Å². The lowest BCUT2D eigenvalue weighted by molar-refractivity contribution is 0.123. The van der Waals surface area contributed by atoms with E-state index in [2.05, 4.69) is 19.2 Å². The van der Waals surface area contributed by atoms with Gasteiger partial charge in [-0.3, -0.25) is 0 Å². The van der Waals surface area contributed by atoms with Crippen molar-refractivity contribution >= 4 is 0 Å². The fraction of sp³-hybridized carbons (Fsp3) is 1.00. The van der Waals surface area contributed by atoms with Crippen LogP contribution in [-0.4, -0.2) is 39.5 Å². The molecule has 0 radical (unpaired) electrons. The molecule has 1 atom stereocenters. The van der Waals surface area contributed by atoms with Gasteiger partial charge in [-0.1, -0.05) is 13.8 Å². The minimum Gasteiger partial charge on any atom is -0.383 e. The maximum absolute atomic E-state index is 5.35. The highest BCUT2D eigenvalue weighted by atomic mass is 16.5. The van der Waals surface area contributed by atoms with Crippen molar-refractivity contribution in [2.75, 3.05) is 33.5 Å². The minimum absolute atomic E-state index is 0.468. The highest BCUT2D eigenvalue weighted by Gasteiger charge is 2.02. The molecule has 0 saturated carbocycles. The van der Waals surface area contributed by atoms with Crippen LogP contribution < -0.4 is 5.32 Å². The normalized spacial score (nSPS) is 13.2. The molecule has 1 N–H and O–H groups in total. The van der Waals surface area contributed by atoms with Crippen LogP contribution in [0.2, 0.25) is 0 Å². The molecule has 0 fully saturated rings. The van der Waals surface area contributed by atoms with Crippen molar-refractivity contribution < 1.29 is 9.47 Å². The number of rotatable bonds is 9. The Morgan fingerprint density at radius 2 is 2.00 bits per heavy atom. The van der Waals surface area contributed by atoms with E-state index < -0.39 is 0 Å². The van der Waals surface area contributed by atoms with Gasteiger partial charge in [0.1, 0.15) is 0 Å². The predicted octanol–water partition coefficient (Wildman–Crippen LogP) is 1.43. The SMILES string of the molecule is CCCOCCNC(CC)COC. The van der Waals surface area contributed by atoms with Crippen molar-refractivity contribution in [3.63, 3.8) is 0 Å². The smallest absolute Gasteiger partial charge is 0.0615 e. The van der Waals surface area contributed by atoms with E-state index in [1.54, 1.807) is 7.11 Å². The third-order valence-corrected chi connectivity index (χ3v) is 1.89. The fourth-order valence-electron chi connectivity index (χ4n) is 1.10. The molecular formula is C10H23NO2. The molecule has 0 spiro atoms. The monoisotopic (exact) mass is 189 g/mol. The summed E-state index contributed by atoms with van der Waals surface area (Å²) in [5, 5.41) is 3.38. The van der Waals surface area contributed by atoms with Gasteiger partial charge in [0.15, 0.2) is 0 Å². The Hall–Kier alpha value is -0.120. The van der Waals surface area contributed by atoms with E-state index in [9.17, 15) is 0 Å². The average molecular weight is 189 g/mol. The van der Waals surface area contributed by atoms with E-state index in [0.29, 0.717) is 6.04 Å². The third-order valence-electron chi connectivity index (χ3n) is 1.89. The topological polar surface area (TPSA) is 30.5 Å². The van der Waals surface area contributed by atoms with Crippen LogP contribution >= 0.6 is 0 Å². The summed E-state index contributed by atoms with van der Waals surface area (Å²) in [6.07, 6.45) is 2.19. The molecule has 3 heteroatoms. The first-order valence-corrected chi connectivity index (χ1v) is 5.15. The number of hydrogen-bond donors (Lipinski definition) is 1. The third kappa shape index (κ3) is 8.22. The lowest BCUT2D eigenvalue weighted by Crippen LogP contribution is -2.34. The molecule has 0 aromatic carbocycles. The van der Waals surface area contributed by atoms with E-state index in [1.165, 1.54) is 0 Å². The van der Waals surface area contributed by atoms with Crippen LogP contribution in [-0.2, 0) is 9.47 Å². The second-order valence-corrected chi connectivity index (χ2v) is 3.13. The summed E-state index contributed by atoms with van der Waals surface area (Å²) in [6, 6.07) is 0.468. The highest BCUT2D eigenvalue weighted by Crippen LogP contribution is 1.90. The lowest BCUT2D eigenvalue weighted by atomic mass is 10.2. The Kier molecular flexibility index (Phi) is 9.87. The fourth-order valence-corrected chi connectivity index (χ4v) is 1.10. The molecule has 0 bridgehead atoms. The molecular weight excluding hydrogens is 166 g/mol. The summed E-state index contributed by atoms with van der Waals surface area (Å²) >= 11 is 0. The Bertz CT molecular complexity index is 98.9. The van der Waals surface area contributed by atoms with Gasteiger partial charge in [-0.05, 0) is 12.8 Å². The van der Waals surface area contributed by atoms with Gasteiger partial charge in [0.2, 0.25) is 0 Å². The highest BCUT2D eigenvalue weighted by molar-refractivity contribution is 4.62. The minimum atomic E-state index is 0.468. The largest absolute Gasteiger partial charge is 0.383 e. The van der Waals surface area contributed by atoms with Crippen LogP contribution in [0.1, 0.15) is 26.7 Å². The summed E-state index contributed by atoms with van der Waals surface area (Å²) in [5.41, 5.74) is 0. The molecule has 0 aromatic heterocycles. The molecule has 0 heterocycles. The average Bonchev–Trinajstić information content (AvgIpc) is 2.16. The zero-order valence-electron chi connectivity index (χ0n) is 9.14. The first-order chi connectivity index (χ1) is 6.35. The summed E-state index contributed by atoms with van der Waals surface area (Å²) < 4.78 is 10.4. The van der Waals surface area contributed by atoms with Crippen LogP contribution in [0, 0.1) is 0 Å². The first-order valence-electron chi connectivity index (χ1n) is 5.15. The first kappa shape index (κ1) is 12.9. The number of methoxy groups -OCH3 is 1. The van der Waals surface area contributed by atoms with Crippen LogP contribution in [0.5, 0.6) is 0 Å². The van der Waals surface area contributed by atoms with Crippen LogP contribution in [0.25, 0.3) is 0 Å². The Labute approximate surface area is 81.8 Å². The van der Waals surface area contributed by atoms with Crippen molar-refractivity contribution in [1.29, 1.82) is 0 Å². The number of ether oxygens (including phenoxy) is 2. The Balaban J connectivity index is 3.17. The molecule has 3 nitrogen and oxygen atoms in total. The van der Waals surface area contributed by atoms with E-state index >= 15 is 0 Å². The van der Waals surface area contributed by atoms with Crippen LogP contribution in [0.15, 0.2) is 0 Å². The maximum atomic E-state index is 5.35. The van der Waals surface area contributed by atoms with E-state index in [4.69, 9.17) is 9.47 Å². The lowest BCUT2D eigenvalue weighted by Gasteiger charge is -2.15. The van der Waals surface area contributed by atoms with Crippen molar-refractivity contribution in [2.24, 2.45) is 0 Å². The van der Waals surface area contributed by atoms with E-state index in [1.807, 2.05) is 0 Å². The molecule has 13 heavy (non-hydrogen) atoms. The standard InChI is InChI=1S/C10H23NO2/c1-4-7-13-8-6-11-10(5-2)9-12-3/h10-11H,4-9H2,1-3H3. The molecule has 0 saturated heterocycles. The second kappa shape index (κ2) is 9.96. The molecule has 0 aliphatic rings. The van der Waals surface area contributed by atoms with Gasteiger partial charge in [0.25, 0.3) is 0 Å². The molecule has 0 amide bonds. The zero-order chi connectivity index (χ0) is 9.94. The molecule has 0 aliphatic heterocycles. The summed E-state index contributed by atoms with van der Waals surface area (Å²) in [6.45, 7) is 7.64. The van der Waals surface area contributed by atoms with Crippen molar-refractivity contribution in [3.8, 4) is 0 Å². The molecule has 0 aromatic rings. The predicted molar refractivity (Wildman–Crippen MR) is 55.1 cm³/mol. The van der Waals surface area contributed by atoms with Crippen LogP contribution in [0.3, 0.4) is 0 Å². The zero-order valence-corrected chi connectivity index (χ0v) is 9.14. The molecule has 0 aliphatic carbocycles.